The summed E-state index contributed by atoms with van der Waals surface area (Å²) in [6.45, 7) is 1.63. The van der Waals surface area contributed by atoms with Gasteiger partial charge in [-0.2, -0.15) is 18.6 Å². The smallest absolute Gasteiger partial charge is 0.871 e. The van der Waals surface area contributed by atoms with Crippen LogP contribution in [0.5, 0.6) is 5.75 Å². The van der Waals surface area contributed by atoms with E-state index in [4.69, 9.17) is 4.98 Å². The first-order valence-corrected chi connectivity index (χ1v) is 17.8. The summed E-state index contributed by atoms with van der Waals surface area (Å²) in [5.41, 5.74) is 3.81. The summed E-state index contributed by atoms with van der Waals surface area (Å²) in [6.07, 6.45) is 0. The second-order valence-corrected chi connectivity index (χ2v) is 15.0. The van der Waals surface area contributed by atoms with Crippen LogP contribution in [0.4, 0.5) is 11.4 Å². The minimum absolute atomic E-state index is 0. The fraction of sp³-hybridized carbons (Fsp3) is 0.0323. The average molecular weight is 733 g/mol. The van der Waals surface area contributed by atoms with E-state index in [1.807, 2.05) is 30.3 Å². The van der Waals surface area contributed by atoms with Gasteiger partial charge < -0.3 is 9.66 Å². The number of aryl methyl sites for hydroxylation is 1. The Kier molecular flexibility index (Phi) is 10.6. The van der Waals surface area contributed by atoms with Crippen LogP contribution in [0, 0.1) is 6.92 Å². The van der Waals surface area contributed by atoms with Crippen molar-refractivity contribution >= 4 is 85.5 Å². The Morgan fingerprint density at radius 3 is 2.12 bits per heavy atom. The number of hydrogen-bond acceptors (Lipinski definition) is 12. The molecule has 7 rings (SSSR count). The largest absolute Gasteiger partial charge is 1.00 e. The van der Waals surface area contributed by atoms with E-state index in [2.05, 4.69) is 15.2 Å². The average Bonchev–Trinajstić information content (AvgIpc) is 3.63. The summed E-state index contributed by atoms with van der Waals surface area (Å²) in [5.74, 6) is -0.403. The third-order valence-electron chi connectivity index (χ3n) is 7.20. The molecule has 0 saturated carbocycles. The SMILES string of the molecule is Cc1ccc2nc(-c3ccc4nc(-c5ccc(N=Nc6c([O-])ccc7cc(S(=O)(=O)[O-])ccc67)cc5)sc4c3)sc2c1S(=O)(=O)O.[Na+].[Na+]. The second-order valence-electron chi connectivity index (χ2n) is 10.3. The summed E-state index contributed by atoms with van der Waals surface area (Å²) in [5, 5.41) is 22.9. The van der Waals surface area contributed by atoms with E-state index in [-0.39, 0.29) is 69.7 Å². The van der Waals surface area contributed by atoms with E-state index in [0.717, 1.165) is 32.4 Å². The standard InChI is InChI=1S/C31H20N4O7S4.2Na/c1-16-2-11-24-28(29(16)46(40,41)42)44-31(33-24)19-5-12-23-26(15-19)43-30(32-23)17-3-7-20(8-4-17)34-35-27-22-10-9-21(45(37,38)39)14-18(22)6-13-25(27)36;;/h2-15,36H,1H3,(H,37,38,39)(H,40,41,42);;/q;2*+1/p-2. The molecule has 2 aromatic heterocycles. The first-order chi connectivity index (χ1) is 21.8. The third kappa shape index (κ3) is 7.14. The van der Waals surface area contributed by atoms with Crippen LogP contribution >= 0.6 is 22.7 Å². The van der Waals surface area contributed by atoms with E-state index >= 15 is 0 Å². The van der Waals surface area contributed by atoms with Crippen LogP contribution < -0.4 is 64.2 Å². The molecule has 0 aliphatic carbocycles. The zero-order valence-corrected chi connectivity index (χ0v) is 32.7. The van der Waals surface area contributed by atoms with Gasteiger partial charge in [-0.25, -0.2) is 18.4 Å². The van der Waals surface area contributed by atoms with Crippen LogP contribution in [-0.2, 0) is 20.2 Å². The molecule has 0 atom stereocenters. The number of hydrogen-bond donors (Lipinski definition) is 1. The molecule has 230 valence electrons. The summed E-state index contributed by atoms with van der Waals surface area (Å²) >= 11 is 2.66. The molecule has 2 heterocycles. The number of thiazole rings is 2. The number of azo groups is 1. The first kappa shape index (κ1) is 36.6. The van der Waals surface area contributed by atoms with Gasteiger partial charge >= 0.3 is 59.1 Å². The van der Waals surface area contributed by atoms with Gasteiger partial charge in [-0.05, 0) is 78.5 Å². The van der Waals surface area contributed by atoms with Crippen molar-refractivity contribution in [2.75, 3.05) is 0 Å². The third-order valence-corrected chi connectivity index (χ3v) is 11.4. The van der Waals surface area contributed by atoms with Crippen LogP contribution in [0.15, 0.2) is 105 Å². The molecule has 0 saturated heterocycles. The number of nitrogens with zero attached hydrogens (tertiary/aromatic N) is 4. The van der Waals surface area contributed by atoms with Gasteiger partial charge in [-0.3, -0.25) is 4.55 Å². The fourth-order valence-electron chi connectivity index (χ4n) is 5.00. The van der Waals surface area contributed by atoms with Crippen molar-refractivity contribution < 1.29 is 90.2 Å². The topological polar surface area (TPSA) is 185 Å². The quantitative estimate of drug-likeness (QED) is 0.150. The number of benzene rings is 5. The molecule has 7 aromatic rings. The molecular weight excluding hydrogens is 715 g/mol. The minimum atomic E-state index is -4.65. The Bertz CT molecular complexity index is 2620. The van der Waals surface area contributed by atoms with Crippen LogP contribution in [0.2, 0.25) is 0 Å². The van der Waals surface area contributed by atoms with E-state index in [1.165, 1.54) is 46.9 Å². The van der Waals surface area contributed by atoms with Crippen LogP contribution in [0.25, 0.3) is 52.3 Å². The van der Waals surface area contributed by atoms with Gasteiger partial charge in [-0.15, -0.1) is 22.7 Å². The molecule has 1 N–H and O–H groups in total. The molecule has 5 aromatic carbocycles. The van der Waals surface area contributed by atoms with Crippen molar-refractivity contribution in [1.82, 2.24) is 9.97 Å². The van der Waals surface area contributed by atoms with E-state index in [9.17, 15) is 31.0 Å². The zero-order chi connectivity index (χ0) is 32.4. The molecule has 0 unspecified atom stereocenters. The van der Waals surface area contributed by atoms with Crippen LogP contribution in [0.1, 0.15) is 5.56 Å². The zero-order valence-electron chi connectivity index (χ0n) is 25.4. The maximum Gasteiger partial charge on any atom is 1.00 e. The summed E-state index contributed by atoms with van der Waals surface area (Å²) in [7, 11) is -9.07. The van der Waals surface area contributed by atoms with Gasteiger partial charge in [0.05, 0.1) is 36.7 Å². The molecule has 48 heavy (non-hydrogen) atoms. The van der Waals surface area contributed by atoms with Crippen LogP contribution in [-0.4, -0.2) is 35.9 Å². The van der Waals surface area contributed by atoms with Crippen LogP contribution in [0.3, 0.4) is 0 Å². The van der Waals surface area contributed by atoms with Gasteiger partial charge in [0.25, 0.3) is 10.1 Å². The predicted molar refractivity (Wildman–Crippen MR) is 174 cm³/mol. The Balaban J connectivity index is 0.00000225. The van der Waals surface area contributed by atoms with E-state index in [0.29, 0.717) is 37.2 Å². The number of aromatic nitrogens is 2. The number of fused-ring (bicyclic) bond motifs is 3. The van der Waals surface area contributed by atoms with Gasteiger partial charge in [0, 0.05) is 16.5 Å². The van der Waals surface area contributed by atoms with Crippen molar-refractivity contribution in [2.45, 2.75) is 16.7 Å². The molecule has 0 aliphatic rings. The fourth-order valence-corrected chi connectivity index (χ4v) is 8.83. The Morgan fingerprint density at radius 1 is 0.750 bits per heavy atom. The Morgan fingerprint density at radius 2 is 1.42 bits per heavy atom. The Hall–Kier alpha value is -2.64. The molecule has 11 nitrogen and oxygen atoms in total. The molecular formula is C31H18N4Na2O7S4. The molecule has 0 aliphatic heterocycles. The summed E-state index contributed by atoms with van der Waals surface area (Å²) < 4.78 is 69.3. The predicted octanol–water partition coefficient (Wildman–Crippen LogP) is 1.35. The summed E-state index contributed by atoms with van der Waals surface area (Å²) in [6, 6.07) is 22.5. The normalized spacial score (nSPS) is 12.1. The maximum atomic E-state index is 12.5. The second kappa shape index (κ2) is 13.9. The number of rotatable bonds is 6. The van der Waals surface area contributed by atoms with E-state index in [1.54, 1.807) is 31.2 Å². The molecule has 0 fully saturated rings. The molecule has 0 bridgehead atoms. The molecule has 17 heteroatoms. The van der Waals surface area contributed by atoms with Crippen molar-refractivity contribution in [1.29, 1.82) is 0 Å². The van der Waals surface area contributed by atoms with Crippen molar-refractivity contribution in [3.8, 4) is 26.9 Å². The monoisotopic (exact) mass is 732 g/mol. The van der Waals surface area contributed by atoms with Gasteiger partial charge in [0.1, 0.15) is 25.0 Å². The van der Waals surface area contributed by atoms with Crippen molar-refractivity contribution in [2.24, 2.45) is 10.2 Å². The minimum Gasteiger partial charge on any atom is -0.871 e. The van der Waals surface area contributed by atoms with Crippen molar-refractivity contribution in [3.05, 3.63) is 90.5 Å². The molecule has 0 spiro atoms. The van der Waals surface area contributed by atoms with E-state index < -0.39 is 30.9 Å². The molecule has 0 radical (unpaired) electrons. The Labute approximate surface area is 326 Å². The van der Waals surface area contributed by atoms with Gasteiger partial charge in [0.15, 0.2) is 0 Å². The van der Waals surface area contributed by atoms with Gasteiger partial charge in [-0.1, -0.05) is 30.0 Å². The van der Waals surface area contributed by atoms with Gasteiger partial charge in [0.2, 0.25) is 0 Å². The first-order valence-electron chi connectivity index (χ1n) is 13.4. The van der Waals surface area contributed by atoms with Crippen molar-refractivity contribution in [3.63, 3.8) is 0 Å². The summed E-state index contributed by atoms with van der Waals surface area (Å²) in [4.78, 5) is 8.82. The maximum absolute atomic E-state index is 12.5. The molecule has 0 amide bonds.